The fourth-order valence-electron chi connectivity index (χ4n) is 0.848. The summed E-state index contributed by atoms with van der Waals surface area (Å²) in [4.78, 5) is 11.5. The quantitative estimate of drug-likeness (QED) is 0.657. The van der Waals surface area contributed by atoms with E-state index in [-0.39, 0.29) is 18.9 Å². The minimum Gasteiger partial charge on any atom is -0.299 e. The van der Waals surface area contributed by atoms with Gasteiger partial charge in [0.15, 0.2) is 0 Å². The molecule has 0 aromatic rings. The number of ketones is 1. The highest BCUT2D eigenvalue weighted by Crippen LogP contribution is 2.15. The molecule has 0 aromatic heterocycles. The van der Waals surface area contributed by atoms with Crippen LogP contribution in [-0.2, 0) is 4.79 Å². The van der Waals surface area contributed by atoms with Crippen LogP contribution in [0.25, 0.3) is 0 Å². The topological polar surface area (TPSA) is 20.3 Å². The van der Waals surface area contributed by atoms with Gasteiger partial charge in [0.2, 0.25) is 0 Å². The summed E-state index contributed by atoms with van der Waals surface area (Å²) in [6.07, 6.45) is -4.22. The van der Waals surface area contributed by atoms with Crippen molar-refractivity contribution in [2.24, 2.45) is 0 Å². The van der Waals surface area contributed by atoms with Gasteiger partial charge >= 0.3 is 6.18 Å². The van der Waals surface area contributed by atoms with Crippen molar-refractivity contribution < 1.29 is 18.0 Å². The average molecular weight is 183 g/mol. The summed E-state index contributed by atoms with van der Waals surface area (Å²) in [5.74, 6) is -0.249. The normalized spacial score (nSPS) is 12.2. The van der Waals surface area contributed by atoms with Gasteiger partial charge in [-0.25, -0.2) is 0 Å². The van der Waals surface area contributed by atoms with Crippen molar-refractivity contribution in [3.8, 4) is 0 Å². The fraction of sp³-hybridized carbons (Fsp3) is 0.857. The molecule has 0 aliphatic rings. The summed E-state index contributed by atoms with van der Waals surface area (Å²) in [7, 11) is 0. The smallest absolute Gasteiger partial charge is 0.299 e. The van der Waals surface area contributed by atoms with Gasteiger partial charge in [0, 0.05) is 0 Å². The number of hydrogen-bond donors (Lipinski definition) is 0. The van der Waals surface area contributed by atoms with Crippen LogP contribution in [0.3, 0.4) is 0 Å². The van der Waals surface area contributed by atoms with Crippen molar-refractivity contribution >= 4 is 5.78 Å². The molecule has 0 atom stereocenters. The van der Waals surface area contributed by atoms with Crippen molar-refractivity contribution in [1.82, 2.24) is 4.90 Å². The lowest BCUT2D eigenvalue weighted by molar-refractivity contribution is -0.147. The maximum atomic E-state index is 11.8. The van der Waals surface area contributed by atoms with Gasteiger partial charge in [-0.3, -0.25) is 9.69 Å². The van der Waals surface area contributed by atoms with E-state index >= 15 is 0 Å². The van der Waals surface area contributed by atoms with E-state index in [1.165, 1.54) is 6.92 Å². The number of carbonyl (C=O) groups excluding carboxylic acids is 1. The highest BCUT2D eigenvalue weighted by Gasteiger charge is 2.30. The molecule has 0 aromatic carbocycles. The van der Waals surface area contributed by atoms with Gasteiger partial charge in [-0.05, 0) is 13.5 Å². The van der Waals surface area contributed by atoms with E-state index in [9.17, 15) is 18.0 Å². The Kier molecular flexibility index (Phi) is 4.23. The second-order valence-corrected chi connectivity index (χ2v) is 2.62. The van der Waals surface area contributed by atoms with Gasteiger partial charge in [0.25, 0.3) is 0 Å². The molecule has 0 unspecified atom stereocenters. The number of rotatable bonds is 4. The van der Waals surface area contributed by atoms with Crippen LogP contribution in [0.15, 0.2) is 0 Å². The van der Waals surface area contributed by atoms with Crippen molar-refractivity contribution in [1.29, 1.82) is 0 Å². The Bertz CT molecular complexity index is 155. The van der Waals surface area contributed by atoms with Gasteiger partial charge in [0.1, 0.15) is 5.78 Å². The second-order valence-electron chi connectivity index (χ2n) is 2.62. The Labute approximate surface area is 69.3 Å². The molecule has 72 valence electrons. The first kappa shape index (κ1) is 11.4. The van der Waals surface area contributed by atoms with Gasteiger partial charge in [-0.15, -0.1) is 0 Å². The van der Waals surface area contributed by atoms with Gasteiger partial charge in [-0.2, -0.15) is 13.2 Å². The Morgan fingerprint density at radius 1 is 1.42 bits per heavy atom. The Morgan fingerprint density at radius 2 is 1.92 bits per heavy atom. The van der Waals surface area contributed by atoms with Crippen molar-refractivity contribution in [2.45, 2.75) is 20.0 Å². The molecule has 0 aliphatic carbocycles. The lowest BCUT2D eigenvalue weighted by Gasteiger charge is -2.19. The Morgan fingerprint density at radius 3 is 2.17 bits per heavy atom. The predicted molar refractivity (Wildman–Crippen MR) is 38.9 cm³/mol. The molecule has 0 spiro atoms. The fourth-order valence-corrected chi connectivity index (χ4v) is 0.848. The lowest BCUT2D eigenvalue weighted by atomic mass is 10.4. The van der Waals surface area contributed by atoms with E-state index < -0.39 is 12.7 Å². The molecule has 0 rings (SSSR count). The zero-order valence-corrected chi connectivity index (χ0v) is 7.11. The zero-order valence-electron chi connectivity index (χ0n) is 7.11. The highest BCUT2D eigenvalue weighted by atomic mass is 19.4. The SMILES string of the molecule is CCN(CC(C)=O)CC(F)(F)F. The number of alkyl halides is 3. The third-order valence-corrected chi connectivity index (χ3v) is 1.30. The molecule has 2 nitrogen and oxygen atoms in total. The minimum atomic E-state index is -4.22. The number of halogens is 3. The first-order chi connectivity index (χ1) is 5.35. The monoisotopic (exact) mass is 183 g/mol. The summed E-state index contributed by atoms with van der Waals surface area (Å²) in [6, 6.07) is 0. The average Bonchev–Trinajstić information content (AvgIpc) is 1.82. The first-order valence-electron chi connectivity index (χ1n) is 3.63. The summed E-state index contributed by atoms with van der Waals surface area (Å²) < 4.78 is 35.4. The zero-order chi connectivity index (χ0) is 9.78. The molecular formula is C7H12F3NO. The third-order valence-electron chi connectivity index (χ3n) is 1.30. The van der Waals surface area contributed by atoms with Crippen LogP contribution in [-0.4, -0.2) is 36.5 Å². The minimum absolute atomic E-state index is 0.129. The van der Waals surface area contributed by atoms with Crippen LogP contribution in [0.5, 0.6) is 0 Å². The van der Waals surface area contributed by atoms with E-state index in [2.05, 4.69) is 0 Å². The number of Topliss-reactive ketones (excluding diaryl/α,β-unsaturated/α-hetero) is 1. The number of nitrogens with zero attached hydrogens (tertiary/aromatic N) is 1. The Balaban J connectivity index is 3.92. The highest BCUT2D eigenvalue weighted by molar-refractivity contribution is 5.77. The molecule has 0 fully saturated rings. The molecule has 0 heterocycles. The number of likely N-dealkylation sites (N-methyl/N-ethyl adjacent to an activating group) is 1. The summed E-state index contributed by atoms with van der Waals surface area (Å²) in [6.45, 7) is 1.96. The predicted octanol–water partition coefficient (Wildman–Crippen LogP) is 1.46. The molecule has 0 amide bonds. The molecular weight excluding hydrogens is 171 g/mol. The molecule has 5 heteroatoms. The first-order valence-corrected chi connectivity index (χ1v) is 3.63. The van der Waals surface area contributed by atoms with Crippen LogP contribution >= 0.6 is 0 Å². The maximum Gasteiger partial charge on any atom is 0.401 e. The largest absolute Gasteiger partial charge is 0.401 e. The molecule has 0 N–H and O–H groups in total. The van der Waals surface area contributed by atoms with Crippen LogP contribution in [0.4, 0.5) is 13.2 Å². The summed E-state index contributed by atoms with van der Waals surface area (Å²) >= 11 is 0. The number of hydrogen-bond acceptors (Lipinski definition) is 2. The van der Waals surface area contributed by atoms with Crippen LogP contribution < -0.4 is 0 Å². The summed E-state index contributed by atoms with van der Waals surface area (Å²) in [5, 5.41) is 0. The lowest BCUT2D eigenvalue weighted by Crippen LogP contribution is -2.37. The molecule has 0 saturated carbocycles. The van der Waals surface area contributed by atoms with E-state index in [1.54, 1.807) is 6.92 Å². The molecule has 0 aliphatic heterocycles. The van der Waals surface area contributed by atoms with E-state index in [1.807, 2.05) is 0 Å². The van der Waals surface area contributed by atoms with E-state index in [0.29, 0.717) is 0 Å². The van der Waals surface area contributed by atoms with E-state index in [4.69, 9.17) is 0 Å². The van der Waals surface area contributed by atoms with Gasteiger partial charge < -0.3 is 0 Å². The summed E-state index contributed by atoms with van der Waals surface area (Å²) in [5.41, 5.74) is 0. The molecule has 12 heavy (non-hydrogen) atoms. The van der Waals surface area contributed by atoms with Crippen molar-refractivity contribution in [2.75, 3.05) is 19.6 Å². The standard InChI is InChI=1S/C7H12F3NO/c1-3-11(4-6(2)12)5-7(8,9)10/h3-5H2,1-2H3. The molecule has 0 bridgehead atoms. The van der Waals surface area contributed by atoms with Crippen LogP contribution in [0, 0.1) is 0 Å². The van der Waals surface area contributed by atoms with Gasteiger partial charge in [0.05, 0.1) is 13.1 Å². The van der Waals surface area contributed by atoms with Crippen molar-refractivity contribution in [3.63, 3.8) is 0 Å². The van der Waals surface area contributed by atoms with Crippen LogP contribution in [0.1, 0.15) is 13.8 Å². The van der Waals surface area contributed by atoms with E-state index in [0.717, 1.165) is 4.90 Å². The third kappa shape index (κ3) is 6.15. The Hall–Kier alpha value is -0.580. The molecule has 0 radical (unpaired) electrons. The molecule has 0 saturated heterocycles. The van der Waals surface area contributed by atoms with Crippen LogP contribution in [0.2, 0.25) is 0 Å². The van der Waals surface area contributed by atoms with Crippen molar-refractivity contribution in [3.05, 3.63) is 0 Å². The maximum absolute atomic E-state index is 11.8. The second kappa shape index (κ2) is 4.45. The van der Waals surface area contributed by atoms with Gasteiger partial charge in [-0.1, -0.05) is 6.92 Å². The number of carbonyl (C=O) groups is 1.